The van der Waals surface area contributed by atoms with Gasteiger partial charge >= 0.3 is 5.97 Å². The number of ether oxygens (including phenoxy) is 1. The highest BCUT2D eigenvalue weighted by molar-refractivity contribution is 7.10. The first-order chi connectivity index (χ1) is 11.1. The molecule has 23 heavy (non-hydrogen) atoms. The van der Waals surface area contributed by atoms with Crippen LogP contribution in [0.25, 0.3) is 0 Å². The van der Waals surface area contributed by atoms with Crippen molar-refractivity contribution in [1.29, 1.82) is 5.26 Å². The van der Waals surface area contributed by atoms with E-state index >= 15 is 0 Å². The fourth-order valence-corrected chi connectivity index (χ4v) is 2.68. The third kappa shape index (κ3) is 5.13. The highest BCUT2D eigenvalue weighted by Gasteiger charge is 2.19. The van der Waals surface area contributed by atoms with Crippen molar-refractivity contribution in [3.8, 4) is 11.8 Å². The van der Waals surface area contributed by atoms with Crippen LogP contribution in [-0.2, 0) is 9.59 Å². The number of nitriles is 1. The lowest BCUT2D eigenvalue weighted by atomic mass is 10.1. The summed E-state index contributed by atoms with van der Waals surface area (Å²) in [5, 5.41) is 22.1. The number of aliphatic carboxylic acids is 1. The second kappa shape index (κ2) is 7.96. The first-order valence-electron chi connectivity index (χ1n) is 6.76. The fourth-order valence-electron chi connectivity index (χ4n) is 1.90. The van der Waals surface area contributed by atoms with E-state index in [1.165, 1.54) is 11.3 Å². The van der Waals surface area contributed by atoms with Gasteiger partial charge in [0.25, 0.3) is 5.91 Å². The standard InChI is InChI=1S/C16H14N2O4S/c17-9-11-3-5-12(6-4-11)22-10-15(19)18-13(8-16(20)21)14-2-1-7-23-14/h1-7,13H,8,10H2,(H,18,19)(H,20,21)/t13-/m0/s1. The smallest absolute Gasteiger partial charge is 0.305 e. The number of carboxylic acid groups (broad SMARTS) is 1. The summed E-state index contributed by atoms with van der Waals surface area (Å²) in [5.41, 5.74) is 0.501. The molecule has 0 aliphatic heterocycles. The summed E-state index contributed by atoms with van der Waals surface area (Å²) in [7, 11) is 0. The molecule has 0 aliphatic rings. The molecule has 1 atom stereocenters. The van der Waals surface area contributed by atoms with Crippen molar-refractivity contribution in [1.82, 2.24) is 5.32 Å². The average molecular weight is 330 g/mol. The molecule has 118 valence electrons. The van der Waals surface area contributed by atoms with Crippen molar-refractivity contribution >= 4 is 23.2 Å². The summed E-state index contributed by atoms with van der Waals surface area (Å²) in [5.74, 6) is -0.934. The number of hydrogen-bond acceptors (Lipinski definition) is 5. The molecular weight excluding hydrogens is 316 g/mol. The molecular formula is C16H14N2O4S. The van der Waals surface area contributed by atoms with E-state index in [4.69, 9.17) is 15.1 Å². The van der Waals surface area contributed by atoms with Crippen LogP contribution in [0.4, 0.5) is 0 Å². The Morgan fingerprint density at radius 3 is 2.61 bits per heavy atom. The largest absolute Gasteiger partial charge is 0.484 e. The van der Waals surface area contributed by atoms with E-state index in [1.54, 1.807) is 36.4 Å². The summed E-state index contributed by atoms with van der Waals surface area (Å²) < 4.78 is 5.33. The van der Waals surface area contributed by atoms with Gasteiger partial charge < -0.3 is 15.2 Å². The van der Waals surface area contributed by atoms with Crippen LogP contribution in [-0.4, -0.2) is 23.6 Å². The van der Waals surface area contributed by atoms with E-state index in [0.717, 1.165) is 4.88 Å². The predicted octanol–water partition coefficient (Wildman–Crippen LogP) is 2.33. The summed E-state index contributed by atoms with van der Waals surface area (Å²) in [6, 6.07) is 11.4. The number of carbonyl (C=O) groups is 2. The van der Waals surface area contributed by atoms with Gasteiger partial charge in [-0.3, -0.25) is 9.59 Å². The summed E-state index contributed by atoms with van der Waals surface area (Å²) in [4.78, 5) is 23.6. The van der Waals surface area contributed by atoms with Crippen LogP contribution in [0.3, 0.4) is 0 Å². The number of carboxylic acids is 1. The molecule has 0 spiro atoms. The van der Waals surface area contributed by atoms with E-state index in [1.807, 2.05) is 11.4 Å². The van der Waals surface area contributed by atoms with Crippen LogP contribution in [0.5, 0.6) is 5.75 Å². The number of hydrogen-bond donors (Lipinski definition) is 2. The molecule has 0 aliphatic carbocycles. The molecule has 6 nitrogen and oxygen atoms in total. The van der Waals surface area contributed by atoms with Crippen LogP contribution in [0, 0.1) is 11.3 Å². The Kier molecular flexibility index (Phi) is 5.72. The highest BCUT2D eigenvalue weighted by atomic mass is 32.1. The minimum Gasteiger partial charge on any atom is -0.484 e. The molecule has 1 aromatic carbocycles. The number of nitrogens with zero attached hydrogens (tertiary/aromatic N) is 1. The Morgan fingerprint density at radius 1 is 1.30 bits per heavy atom. The minimum absolute atomic E-state index is 0.191. The van der Waals surface area contributed by atoms with Crippen LogP contribution in [0.15, 0.2) is 41.8 Å². The Hall–Kier alpha value is -2.85. The van der Waals surface area contributed by atoms with Crippen molar-refractivity contribution in [2.24, 2.45) is 0 Å². The van der Waals surface area contributed by atoms with E-state index in [-0.39, 0.29) is 13.0 Å². The lowest BCUT2D eigenvalue weighted by molar-refractivity contribution is -0.137. The van der Waals surface area contributed by atoms with E-state index in [2.05, 4.69) is 5.32 Å². The van der Waals surface area contributed by atoms with Gasteiger partial charge in [0, 0.05) is 4.88 Å². The molecule has 1 aromatic heterocycles. The Balaban J connectivity index is 1.91. The van der Waals surface area contributed by atoms with Gasteiger partial charge in [-0.2, -0.15) is 5.26 Å². The average Bonchev–Trinajstić information content (AvgIpc) is 3.07. The molecule has 7 heteroatoms. The third-order valence-corrected chi connectivity index (χ3v) is 3.94. The summed E-state index contributed by atoms with van der Waals surface area (Å²) >= 11 is 1.38. The molecule has 2 N–H and O–H groups in total. The molecule has 0 bridgehead atoms. The number of nitrogens with one attached hydrogen (secondary N) is 1. The minimum atomic E-state index is -0.989. The number of carbonyl (C=O) groups excluding carboxylic acids is 1. The first-order valence-corrected chi connectivity index (χ1v) is 7.64. The Bertz CT molecular complexity index is 705. The lowest BCUT2D eigenvalue weighted by Crippen LogP contribution is -2.33. The van der Waals surface area contributed by atoms with Gasteiger partial charge in [-0.15, -0.1) is 11.3 Å². The Labute approximate surface area is 136 Å². The zero-order valence-corrected chi connectivity index (χ0v) is 12.9. The maximum Gasteiger partial charge on any atom is 0.305 e. The number of amides is 1. The zero-order valence-electron chi connectivity index (χ0n) is 12.1. The van der Waals surface area contributed by atoms with Crippen molar-refractivity contribution in [2.75, 3.05) is 6.61 Å². The second-order valence-electron chi connectivity index (χ2n) is 4.66. The summed E-state index contributed by atoms with van der Waals surface area (Å²) in [6.07, 6.45) is -0.191. The molecule has 1 amide bonds. The van der Waals surface area contributed by atoms with E-state index in [9.17, 15) is 9.59 Å². The van der Waals surface area contributed by atoms with Gasteiger partial charge in [-0.25, -0.2) is 0 Å². The van der Waals surface area contributed by atoms with E-state index in [0.29, 0.717) is 11.3 Å². The zero-order chi connectivity index (χ0) is 16.7. The molecule has 2 rings (SSSR count). The van der Waals surface area contributed by atoms with Crippen LogP contribution < -0.4 is 10.1 Å². The SMILES string of the molecule is N#Cc1ccc(OCC(=O)N[C@@H](CC(=O)O)c2cccs2)cc1. The number of thiophene rings is 1. The first kappa shape index (κ1) is 16.5. The molecule has 0 saturated heterocycles. The normalized spacial score (nSPS) is 11.3. The number of benzene rings is 1. The van der Waals surface area contributed by atoms with Crippen molar-refractivity contribution in [3.63, 3.8) is 0 Å². The molecule has 0 radical (unpaired) electrons. The molecule has 0 unspecified atom stereocenters. The molecule has 0 fully saturated rings. The third-order valence-electron chi connectivity index (χ3n) is 2.95. The summed E-state index contributed by atoms with van der Waals surface area (Å²) in [6.45, 7) is -0.229. The second-order valence-corrected chi connectivity index (χ2v) is 5.64. The molecule has 2 aromatic rings. The van der Waals surface area contributed by atoms with Crippen LogP contribution in [0.1, 0.15) is 22.9 Å². The van der Waals surface area contributed by atoms with Crippen LogP contribution in [0.2, 0.25) is 0 Å². The van der Waals surface area contributed by atoms with Gasteiger partial charge in [0.2, 0.25) is 0 Å². The number of rotatable bonds is 7. The quantitative estimate of drug-likeness (QED) is 0.811. The van der Waals surface area contributed by atoms with Gasteiger partial charge in [-0.1, -0.05) is 6.07 Å². The predicted molar refractivity (Wildman–Crippen MR) is 84.1 cm³/mol. The van der Waals surface area contributed by atoms with Crippen molar-refractivity contribution in [2.45, 2.75) is 12.5 Å². The van der Waals surface area contributed by atoms with Gasteiger partial charge in [0.1, 0.15) is 5.75 Å². The highest BCUT2D eigenvalue weighted by Crippen LogP contribution is 2.22. The lowest BCUT2D eigenvalue weighted by Gasteiger charge is -2.15. The van der Waals surface area contributed by atoms with Crippen LogP contribution >= 0.6 is 11.3 Å². The van der Waals surface area contributed by atoms with Gasteiger partial charge in [0.05, 0.1) is 24.1 Å². The maximum atomic E-state index is 11.9. The van der Waals surface area contributed by atoms with Crippen molar-refractivity contribution in [3.05, 3.63) is 52.2 Å². The fraction of sp³-hybridized carbons (Fsp3) is 0.188. The van der Waals surface area contributed by atoms with E-state index < -0.39 is 17.9 Å². The topological polar surface area (TPSA) is 99.4 Å². The maximum absolute atomic E-state index is 11.9. The Morgan fingerprint density at radius 2 is 2.04 bits per heavy atom. The van der Waals surface area contributed by atoms with Crippen molar-refractivity contribution < 1.29 is 19.4 Å². The molecule has 0 saturated carbocycles. The van der Waals surface area contributed by atoms with Gasteiger partial charge in [0.15, 0.2) is 6.61 Å². The monoisotopic (exact) mass is 330 g/mol. The molecule has 1 heterocycles. The van der Waals surface area contributed by atoms with Gasteiger partial charge in [-0.05, 0) is 35.7 Å².